The molecule has 12 aromatic rings. The Hall–Kier alpha value is -7.90. The van der Waals surface area contributed by atoms with E-state index in [4.69, 9.17) is 9.97 Å². The van der Waals surface area contributed by atoms with Gasteiger partial charge < -0.3 is 9.47 Å². The third kappa shape index (κ3) is 6.71. The van der Waals surface area contributed by atoms with Crippen LogP contribution in [-0.4, -0.2) is 14.5 Å². The lowest BCUT2D eigenvalue weighted by Crippen LogP contribution is -2.10. The van der Waals surface area contributed by atoms with Crippen molar-refractivity contribution in [2.24, 2.45) is 0 Å². The van der Waals surface area contributed by atoms with E-state index in [1.165, 1.54) is 53.7 Å². The molecular weight excluding hydrogens is 853 g/mol. The monoisotopic (exact) mass is 894 g/mol. The van der Waals surface area contributed by atoms with Crippen LogP contribution in [0.3, 0.4) is 0 Å². The smallest absolute Gasteiger partial charge is 0.127 e. The lowest BCUT2D eigenvalue weighted by atomic mass is 9.88. The maximum atomic E-state index is 5.31. The molecule has 1 aliphatic rings. The van der Waals surface area contributed by atoms with Crippen molar-refractivity contribution in [3.63, 3.8) is 0 Å². The minimum absolute atomic E-state index is 0.108. The highest BCUT2D eigenvalue weighted by Gasteiger charge is 2.31. The summed E-state index contributed by atoms with van der Waals surface area (Å²) in [7, 11) is 0. The van der Waals surface area contributed by atoms with Crippen LogP contribution < -0.4 is 4.90 Å². The minimum Gasteiger partial charge on any atom is -0.311 e. The Labute approximate surface area is 397 Å². The van der Waals surface area contributed by atoms with Gasteiger partial charge in [0.25, 0.3) is 0 Å². The van der Waals surface area contributed by atoms with Gasteiger partial charge in [-0.25, -0.2) is 9.97 Å². The number of fused-ring (bicyclic) bond motifs is 6. The van der Waals surface area contributed by atoms with E-state index in [9.17, 15) is 0 Å². The Morgan fingerprint density at radius 3 is 1.67 bits per heavy atom. The average molecular weight is 895 g/mol. The number of aryl methyl sites for hydroxylation is 2. The number of thiazole rings is 2. The highest BCUT2D eigenvalue weighted by atomic mass is 32.1. The molecule has 0 amide bonds. The second-order valence-electron chi connectivity index (χ2n) is 17.5. The van der Waals surface area contributed by atoms with Crippen molar-refractivity contribution in [2.45, 2.75) is 19.8 Å². The van der Waals surface area contributed by atoms with Crippen LogP contribution in [0.2, 0.25) is 0 Å². The molecule has 67 heavy (non-hydrogen) atoms. The first kappa shape index (κ1) is 39.5. The second-order valence-corrected chi connectivity index (χ2v) is 19.6. The number of para-hydroxylation sites is 3. The molecule has 318 valence electrons. The van der Waals surface area contributed by atoms with Crippen LogP contribution in [-0.2, 0) is 0 Å². The number of anilines is 3. The molecule has 3 heterocycles. The van der Waals surface area contributed by atoms with Gasteiger partial charge in [-0.15, -0.1) is 22.7 Å². The highest BCUT2D eigenvalue weighted by molar-refractivity contribution is 7.22. The van der Waals surface area contributed by atoms with Gasteiger partial charge in [0.15, 0.2) is 0 Å². The van der Waals surface area contributed by atoms with Gasteiger partial charge in [0, 0.05) is 45.2 Å². The maximum Gasteiger partial charge on any atom is 0.127 e. The molecule has 6 heteroatoms. The van der Waals surface area contributed by atoms with Gasteiger partial charge in [0.1, 0.15) is 10.0 Å². The molecule has 0 N–H and O–H groups in total. The van der Waals surface area contributed by atoms with Crippen molar-refractivity contribution < 1.29 is 0 Å². The van der Waals surface area contributed by atoms with E-state index in [2.05, 4.69) is 236 Å². The molecule has 3 aromatic heterocycles. The lowest BCUT2D eigenvalue weighted by molar-refractivity contribution is 1.01. The fraction of sp³-hybridized carbons (Fsp3) is 0.0492. The van der Waals surface area contributed by atoms with Crippen LogP contribution in [0, 0.1) is 13.8 Å². The standard InChI is InChI=1S/C61H42N4S2/c1-38-19-28-43(29-20-38)64(44-30-21-39(2)22-31-44)45-32-34-46(35-33-45)65-54-16-8-5-13-50(54)58(61-63-53-15-7-10-18-56(53)67-61)59(65)41-25-23-40(24-26-41)57-48-12-4-3-11-47(48)51-37-42(27-36-49(51)57)60-62-52-14-6-9-17-55(52)66-60/h3-37,57H,1-2H3. The van der Waals surface area contributed by atoms with Gasteiger partial charge in [-0.05, 0) is 132 Å². The van der Waals surface area contributed by atoms with Crippen molar-refractivity contribution in [3.05, 3.63) is 240 Å². The molecule has 0 fully saturated rings. The minimum atomic E-state index is 0.108. The summed E-state index contributed by atoms with van der Waals surface area (Å²) < 4.78 is 4.83. The third-order valence-corrected chi connectivity index (χ3v) is 15.5. The number of nitrogens with zero attached hydrogens (tertiary/aromatic N) is 4. The molecule has 1 unspecified atom stereocenters. The summed E-state index contributed by atoms with van der Waals surface area (Å²) in [5.74, 6) is 0.108. The molecule has 13 rings (SSSR count). The molecule has 0 bridgehead atoms. The Bertz CT molecular complexity index is 3710. The Balaban J connectivity index is 0.950. The summed E-state index contributed by atoms with van der Waals surface area (Å²) in [6.07, 6.45) is 0. The largest absolute Gasteiger partial charge is 0.311 e. The summed E-state index contributed by atoms with van der Waals surface area (Å²) in [6.45, 7) is 4.27. The SMILES string of the molecule is Cc1ccc(N(c2ccc(C)cc2)c2ccc(-n3c(-c4ccc(C5c6ccccc6-c6cc(-c7nc8ccccc8s7)ccc65)cc4)c(-c4nc5ccccc5s4)c4ccccc43)cc2)cc1. The van der Waals surface area contributed by atoms with E-state index >= 15 is 0 Å². The normalized spacial score (nSPS) is 13.1. The fourth-order valence-electron chi connectivity index (χ4n) is 10.1. The van der Waals surface area contributed by atoms with Crippen LogP contribution in [0.4, 0.5) is 17.1 Å². The number of rotatable bonds is 8. The molecule has 0 aliphatic heterocycles. The van der Waals surface area contributed by atoms with Crippen molar-refractivity contribution in [1.82, 2.24) is 14.5 Å². The molecule has 0 spiro atoms. The van der Waals surface area contributed by atoms with E-state index in [1.54, 1.807) is 22.7 Å². The first-order valence-corrected chi connectivity index (χ1v) is 24.4. The molecule has 0 saturated carbocycles. The van der Waals surface area contributed by atoms with Crippen LogP contribution in [0.25, 0.3) is 80.5 Å². The number of hydrogen-bond acceptors (Lipinski definition) is 5. The van der Waals surface area contributed by atoms with Gasteiger partial charge >= 0.3 is 0 Å². The number of benzene rings is 9. The number of aromatic nitrogens is 3. The first-order valence-electron chi connectivity index (χ1n) is 22.8. The van der Waals surface area contributed by atoms with Gasteiger partial charge in [-0.2, -0.15) is 0 Å². The van der Waals surface area contributed by atoms with E-state index in [1.807, 2.05) is 0 Å². The van der Waals surface area contributed by atoms with Crippen molar-refractivity contribution >= 4 is 71.1 Å². The molecular formula is C61H42N4S2. The molecule has 0 saturated heterocycles. The zero-order valence-corrected chi connectivity index (χ0v) is 38.5. The van der Waals surface area contributed by atoms with Gasteiger partial charge in [0.2, 0.25) is 0 Å². The van der Waals surface area contributed by atoms with Gasteiger partial charge in [-0.1, -0.05) is 139 Å². The maximum absolute atomic E-state index is 5.31. The van der Waals surface area contributed by atoms with E-state index in [0.29, 0.717) is 0 Å². The van der Waals surface area contributed by atoms with Crippen molar-refractivity contribution in [2.75, 3.05) is 4.90 Å². The highest BCUT2D eigenvalue weighted by Crippen LogP contribution is 2.51. The second kappa shape index (κ2) is 15.9. The Morgan fingerprint density at radius 2 is 1.00 bits per heavy atom. The Morgan fingerprint density at radius 1 is 0.463 bits per heavy atom. The summed E-state index contributed by atoms with van der Waals surface area (Å²) >= 11 is 3.52. The lowest BCUT2D eigenvalue weighted by Gasteiger charge is -2.26. The number of hydrogen-bond donors (Lipinski definition) is 0. The van der Waals surface area contributed by atoms with Gasteiger partial charge in [0.05, 0.1) is 31.6 Å². The van der Waals surface area contributed by atoms with Gasteiger partial charge in [-0.3, -0.25) is 0 Å². The Kier molecular flexibility index (Phi) is 9.37. The molecule has 1 atom stereocenters. The predicted octanol–water partition coefficient (Wildman–Crippen LogP) is 17.1. The predicted molar refractivity (Wildman–Crippen MR) is 283 cm³/mol. The van der Waals surface area contributed by atoms with Crippen molar-refractivity contribution in [1.29, 1.82) is 0 Å². The fourth-order valence-corrected chi connectivity index (χ4v) is 12.1. The van der Waals surface area contributed by atoms with E-state index in [0.717, 1.165) is 71.7 Å². The molecule has 9 aromatic carbocycles. The molecule has 1 aliphatic carbocycles. The average Bonchev–Trinajstić information content (AvgIpc) is 4.16. The van der Waals surface area contributed by atoms with Crippen LogP contribution in [0.5, 0.6) is 0 Å². The van der Waals surface area contributed by atoms with E-state index in [-0.39, 0.29) is 5.92 Å². The summed E-state index contributed by atoms with van der Waals surface area (Å²) in [5.41, 5.74) is 21.2. The van der Waals surface area contributed by atoms with Crippen molar-refractivity contribution in [3.8, 4) is 49.2 Å². The zero-order valence-electron chi connectivity index (χ0n) is 36.9. The third-order valence-electron chi connectivity index (χ3n) is 13.3. The first-order chi connectivity index (χ1) is 33.0. The summed E-state index contributed by atoms with van der Waals surface area (Å²) in [4.78, 5) is 12.7. The quantitative estimate of drug-likeness (QED) is 0.152. The molecule has 4 nitrogen and oxygen atoms in total. The summed E-state index contributed by atoms with van der Waals surface area (Å²) in [5, 5.41) is 3.24. The van der Waals surface area contributed by atoms with Crippen LogP contribution >= 0.6 is 22.7 Å². The summed E-state index contributed by atoms with van der Waals surface area (Å²) in [6, 6.07) is 77.5. The van der Waals surface area contributed by atoms with Crippen LogP contribution in [0.15, 0.2) is 212 Å². The van der Waals surface area contributed by atoms with E-state index < -0.39 is 0 Å². The topological polar surface area (TPSA) is 34.0 Å². The zero-order chi connectivity index (χ0) is 44.6. The molecule has 0 radical (unpaired) electrons. The van der Waals surface area contributed by atoms with Crippen LogP contribution in [0.1, 0.15) is 33.7 Å².